The van der Waals surface area contributed by atoms with E-state index in [4.69, 9.17) is 14.2 Å². The van der Waals surface area contributed by atoms with Crippen LogP contribution < -0.4 is 9.47 Å². The summed E-state index contributed by atoms with van der Waals surface area (Å²) in [7, 11) is 0. The maximum absolute atomic E-state index is 12.1. The quantitative estimate of drug-likeness (QED) is 0.251. The van der Waals surface area contributed by atoms with Crippen LogP contribution in [0, 0.1) is 6.92 Å². The van der Waals surface area contributed by atoms with Gasteiger partial charge in [0.25, 0.3) is 0 Å². The fourth-order valence-electron chi connectivity index (χ4n) is 3.70. The topological polar surface area (TPSA) is 73.4 Å². The van der Waals surface area contributed by atoms with Gasteiger partial charge in [-0.15, -0.1) is 0 Å². The number of nitrogens with one attached hydrogen (secondary N) is 1. The summed E-state index contributed by atoms with van der Waals surface area (Å²) in [4.78, 5) is 19.7. The minimum absolute atomic E-state index is 0.233. The van der Waals surface area contributed by atoms with Crippen LogP contribution in [-0.2, 0) is 16.1 Å². The molecule has 176 valence electrons. The van der Waals surface area contributed by atoms with E-state index in [2.05, 4.69) is 15.3 Å². The first-order valence-corrected chi connectivity index (χ1v) is 12.2. The van der Waals surface area contributed by atoms with Crippen LogP contribution in [0.15, 0.2) is 71.7 Å². The lowest BCUT2D eigenvalue weighted by Crippen LogP contribution is -2.13. The van der Waals surface area contributed by atoms with Crippen LogP contribution in [0.5, 0.6) is 11.5 Å². The van der Waals surface area contributed by atoms with E-state index in [9.17, 15) is 4.79 Å². The van der Waals surface area contributed by atoms with Crippen molar-refractivity contribution >= 4 is 17.3 Å². The first-order valence-electron chi connectivity index (χ1n) is 11.3. The zero-order chi connectivity index (χ0) is 23.8. The number of hydrogen-bond acceptors (Lipinski definition) is 6. The van der Waals surface area contributed by atoms with Crippen LogP contribution in [0.1, 0.15) is 42.6 Å². The Hall–Kier alpha value is -3.58. The maximum Gasteiger partial charge on any atom is 0.305 e. The minimum Gasteiger partial charge on any atom is -0.489 e. The number of carbonyl (C=O) groups is 1. The molecule has 0 aliphatic carbocycles. The van der Waals surface area contributed by atoms with E-state index >= 15 is 0 Å². The Kier molecular flexibility index (Phi) is 7.99. The third-order valence-corrected chi connectivity index (χ3v) is 6.14. The third kappa shape index (κ3) is 6.05. The van der Waals surface area contributed by atoms with Gasteiger partial charge in [0.2, 0.25) is 0 Å². The van der Waals surface area contributed by atoms with Crippen LogP contribution in [-0.4, -0.2) is 22.5 Å². The Morgan fingerprint density at radius 1 is 1.18 bits per heavy atom. The Morgan fingerprint density at radius 3 is 2.79 bits per heavy atom. The summed E-state index contributed by atoms with van der Waals surface area (Å²) >= 11 is 1.64. The van der Waals surface area contributed by atoms with Crippen molar-refractivity contribution in [3.63, 3.8) is 0 Å². The van der Waals surface area contributed by atoms with Crippen LogP contribution in [0.2, 0.25) is 0 Å². The molecule has 6 nitrogen and oxygen atoms in total. The molecule has 2 aromatic heterocycles. The Labute approximate surface area is 203 Å². The second kappa shape index (κ2) is 11.5. The Balaban J connectivity index is 1.64. The molecule has 1 atom stereocenters. The molecular formula is C27H28N2O4S. The largest absolute Gasteiger partial charge is 0.489 e. The van der Waals surface area contributed by atoms with E-state index in [0.29, 0.717) is 37.0 Å². The van der Waals surface area contributed by atoms with Gasteiger partial charge < -0.3 is 19.2 Å². The lowest BCUT2D eigenvalue weighted by molar-refractivity contribution is -0.143. The number of esters is 1. The van der Waals surface area contributed by atoms with Crippen molar-refractivity contribution < 1.29 is 19.0 Å². The zero-order valence-electron chi connectivity index (χ0n) is 19.3. The highest BCUT2D eigenvalue weighted by Crippen LogP contribution is 2.37. The molecule has 0 saturated carbocycles. The molecule has 34 heavy (non-hydrogen) atoms. The van der Waals surface area contributed by atoms with E-state index < -0.39 is 0 Å². The summed E-state index contributed by atoms with van der Waals surface area (Å²) in [6.45, 7) is 4.70. The molecule has 2 heterocycles. The molecule has 0 bridgehead atoms. The van der Waals surface area contributed by atoms with Gasteiger partial charge >= 0.3 is 5.97 Å². The second-order valence-corrected chi connectivity index (χ2v) is 8.60. The predicted molar refractivity (Wildman–Crippen MR) is 133 cm³/mol. The number of carbonyl (C=O) groups excluding carboxylic acids is 1. The number of rotatable bonds is 11. The van der Waals surface area contributed by atoms with E-state index in [1.54, 1.807) is 23.7 Å². The van der Waals surface area contributed by atoms with Gasteiger partial charge in [-0.25, -0.2) is 4.98 Å². The molecule has 0 fully saturated rings. The van der Waals surface area contributed by atoms with Crippen LogP contribution >= 0.6 is 11.3 Å². The molecule has 0 radical (unpaired) electrons. The SMILES string of the molecule is CCOC(=O)CCC(Oc1cc(OCc2ccsc2)ccc1-c1ncc[nH]1)c1ccccc1C. The predicted octanol–water partition coefficient (Wildman–Crippen LogP) is 6.49. The first-order chi connectivity index (χ1) is 16.6. The van der Waals surface area contributed by atoms with E-state index in [1.807, 2.05) is 67.8 Å². The van der Waals surface area contributed by atoms with Gasteiger partial charge in [-0.05, 0) is 65.9 Å². The number of aromatic amines is 1. The average Bonchev–Trinajstić information content (AvgIpc) is 3.56. The van der Waals surface area contributed by atoms with Crippen molar-refractivity contribution in [1.82, 2.24) is 9.97 Å². The smallest absolute Gasteiger partial charge is 0.305 e. The summed E-state index contributed by atoms with van der Waals surface area (Å²) in [5.41, 5.74) is 4.07. The highest BCUT2D eigenvalue weighted by atomic mass is 32.1. The molecule has 0 aliphatic rings. The molecule has 0 saturated heterocycles. The zero-order valence-corrected chi connectivity index (χ0v) is 20.1. The average molecular weight is 477 g/mol. The minimum atomic E-state index is -0.341. The first kappa shape index (κ1) is 23.6. The Morgan fingerprint density at radius 2 is 2.06 bits per heavy atom. The molecule has 7 heteroatoms. The van der Waals surface area contributed by atoms with Crippen molar-refractivity contribution in [2.24, 2.45) is 0 Å². The molecule has 2 aromatic carbocycles. The molecule has 1 unspecified atom stereocenters. The van der Waals surface area contributed by atoms with Crippen molar-refractivity contribution in [3.8, 4) is 22.9 Å². The molecule has 0 amide bonds. The summed E-state index contributed by atoms with van der Waals surface area (Å²) in [5.74, 6) is 1.80. The molecule has 1 N–H and O–H groups in total. The lowest BCUT2D eigenvalue weighted by Gasteiger charge is -2.23. The van der Waals surface area contributed by atoms with Crippen molar-refractivity contribution in [2.45, 2.75) is 39.4 Å². The van der Waals surface area contributed by atoms with Crippen molar-refractivity contribution in [1.29, 1.82) is 0 Å². The fraction of sp³-hybridized carbons (Fsp3) is 0.259. The standard InChI is InChI=1S/C27H28N2O4S/c1-3-31-26(30)11-10-24(22-7-5-4-6-19(22)2)33-25-16-21(32-17-20-12-15-34-18-20)8-9-23(25)27-28-13-14-29-27/h4-9,12-16,18,24H,3,10-11,17H2,1-2H3,(H,28,29). The number of hydrogen-bond donors (Lipinski definition) is 1. The maximum atomic E-state index is 12.1. The fourth-order valence-corrected chi connectivity index (χ4v) is 4.35. The summed E-state index contributed by atoms with van der Waals surface area (Å²) in [6.07, 6.45) is 3.89. The summed E-state index contributed by atoms with van der Waals surface area (Å²) < 4.78 is 17.8. The van der Waals surface area contributed by atoms with Crippen LogP contribution in [0.25, 0.3) is 11.4 Å². The van der Waals surface area contributed by atoms with Crippen molar-refractivity contribution in [3.05, 3.63) is 88.4 Å². The van der Waals surface area contributed by atoms with Gasteiger partial charge in [-0.1, -0.05) is 24.3 Å². The summed E-state index contributed by atoms with van der Waals surface area (Å²) in [6, 6.07) is 15.8. The number of benzene rings is 2. The molecule has 4 aromatic rings. The van der Waals surface area contributed by atoms with Gasteiger partial charge in [-0.3, -0.25) is 4.79 Å². The van der Waals surface area contributed by atoms with Crippen LogP contribution in [0.3, 0.4) is 0 Å². The number of imidazole rings is 1. The molecule has 4 rings (SSSR count). The van der Waals surface area contributed by atoms with Gasteiger partial charge in [0.15, 0.2) is 0 Å². The Bertz CT molecular complexity index is 1190. The van der Waals surface area contributed by atoms with Gasteiger partial charge in [0, 0.05) is 24.9 Å². The van der Waals surface area contributed by atoms with Gasteiger partial charge in [0.05, 0.1) is 12.2 Å². The van der Waals surface area contributed by atoms with Gasteiger partial charge in [-0.2, -0.15) is 11.3 Å². The second-order valence-electron chi connectivity index (χ2n) is 7.82. The third-order valence-electron chi connectivity index (χ3n) is 5.41. The van der Waals surface area contributed by atoms with E-state index in [0.717, 1.165) is 22.3 Å². The van der Waals surface area contributed by atoms with E-state index in [-0.39, 0.29) is 18.5 Å². The van der Waals surface area contributed by atoms with E-state index in [1.165, 1.54) is 0 Å². The normalized spacial score (nSPS) is 11.7. The molecular weight excluding hydrogens is 448 g/mol. The number of H-pyrrole nitrogens is 1. The molecule has 0 aliphatic heterocycles. The number of thiophene rings is 1. The van der Waals surface area contributed by atoms with Crippen molar-refractivity contribution in [2.75, 3.05) is 6.61 Å². The number of nitrogens with zero attached hydrogens (tertiary/aromatic N) is 1. The van der Waals surface area contributed by atoms with Gasteiger partial charge in [0.1, 0.15) is 30.0 Å². The lowest BCUT2D eigenvalue weighted by atomic mass is 9.99. The number of aryl methyl sites for hydroxylation is 1. The molecule has 0 spiro atoms. The summed E-state index contributed by atoms with van der Waals surface area (Å²) in [5, 5.41) is 4.10. The number of aromatic nitrogens is 2. The number of ether oxygens (including phenoxy) is 3. The van der Waals surface area contributed by atoms with Crippen LogP contribution in [0.4, 0.5) is 0 Å². The highest BCUT2D eigenvalue weighted by Gasteiger charge is 2.21. The monoisotopic (exact) mass is 476 g/mol. The highest BCUT2D eigenvalue weighted by molar-refractivity contribution is 7.07.